The summed E-state index contributed by atoms with van der Waals surface area (Å²) in [4.78, 5) is 12.0. The Hall–Kier alpha value is -1.75. The molecule has 5 heteroatoms. The highest BCUT2D eigenvalue weighted by atomic mass is 16.3. The van der Waals surface area contributed by atoms with Crippen molar-refractivity contribution in [1.82, 2.24) is 5.32 Å². The molecule has 0 saturated heterocycles. The monoisotopic (exact) mass is 278 g/mol. The van der Waals surface area contributed by atoms with Crippen molar-refractivity contribution in [2.45, 2.75) is 38.2 Å². The van der Waals surface area contributed by atoms with Crippen molar-refractivity contribution in [2.75, 3.05) is 12.3 Å². The molecular formula is C15H22N2O3. The second-order valence-corrected chi connectivity index (χ2v) is 5.85. The molecule has 1 aromatic carbocycles. The van der Waals surface area contributed by atoms with Crippen LogP contribution in [0.2, 0.25) is 0 Å². The zero-order chi connectivity index (χ0) is 14.8. The zero-order valence-electron chi connectivity index (χ0n) is 11.7. The van der Waals surface area contributed by atoms with Gasteiger partial charge in [0.2, 0.25) is 0 Å². The van der Waals surface area contributed by atoms with Gasteiger partial charge in [0.05, 0.1) is 16.9 Å². The molecule has 5 N–H and O–H groups in total. The molecule has 1 aliphatic rings. The van der Waals surface area contributed by atoms with Gasteiger partial charge >= 0.3 is 0 Å². The van der Waals surface area contributed by atoms with Crippen molar-refractivity contribution < 1.29 is 15.0 Å². The number of carbonyl (C=O) groups excluding carboxylic acids is 1. The van der Waals surface area contributed by atoms with Crippen LogP contribution in [0.4, 0.5) is 5.69 Å². The van der Waals surface area contributed by atoms with Crippen molar-refractivity contribution in [2.24, 2.45) is 5.92 Å². The van der Waals surface area contributed by atoms with Gasteiger partial charge in [0, 0.05) is 6.54 Å². The number of hydrogen-bond donors (Lipinski definition) is 4. The number of aromatic hydroxyl groups is 1. The molecular weight excluding hydrogens is 256 g/mol. The number of anilines is 1. The third-order valence-corrected chi connectivity index (χ3v) is 3.96. The van der Waals surface area contributed by atoms with Gasteiger partial charge in [0.25, 0.3) is 5.91 Å². The van der Waals surface area contributed by atoms with Gasteiger partial charge in [-0.15, -0.1) is 0 Å². The second-order valence-electron chi connectivity index (χ2n) is 5.85. The average molecular weight is 278 g/mol. The number of nitrogen functional groups attached to an aromatic ring is 1. The third-order valence-electron chi connectivity index (χ3n) is 3.96. The Kier molecular flexibility index (Phi) is 4.18. The van der Waals surface area contributed by atoms with Gasteiger partial charge in [0.1, 0.15) is 0 Å². The highest BCUT2D eigenvalue weighted by Gasteiger charge is 2.33. The van der Waals surface area contributed by atoms with E-state index in [1.807, 2.05) is 0 Å². The first kappa shape index (κ1) is 14.7. The molecule has 1 saturated carbocycles. The number of nitrogens with one attached hydrogen (secondary N) is 1. The van der Waals surface area contributed by atoms with Gasteiger partial charge in [-0.3, -0.25) is 4.79 Å². The molecule has 2 atom stereocenters. The number of phenolic OH excluding ortho intramolecular Hbond substituents is 1. The van der Waals surface area contributed by atoms with E-state index in [2.05, 4.69) is 12.2 Å². The fraction of sp³-hybridized carbons (Fsp3) is 0.533. The lowest BCUT2D eigenvalue weighted by Crippen LogP contribution is -2.45. The summed E-state index contributed by atoms with van der Waals surface area (Å²) in [5.41, 5.74) is 5.02. The van der Waals surface area contributed by atoms with Crippen LogP contribution in [0.15, 0.2) is 18.2 Å². The number of carbonyl (C=O) groups is 1. The summed E-state index contributed by atoms with van der Waals surface area (Å²) >= 11 is 0. The van der Waals surface area contributed by atoms with E-state index in [-0.39, 0.29) is 23.5 Å². The summed E-state index contributed by atoms with van der Waals surface area (Å²) in [5.74, 6) is -0.165. The molecule has 0 aromatic heterocycles. The Labute approximate surface area is 118 Å². The summed E-state index contributed by atoms with van der Waals surface area (Å²) < 4.78 is 0. The Bertz CT molecular complexity index is 504. The SMILES string of the molecule is CC1CCCC(O)(CNC(=O)c2cccc(N)c2O)C1. The van der Waals surface area contributed by atoms with Gasteiger partial charge in [-0.1, -0.05) is 25.8 Å². The zero-order valence-corrected chi connectivity index (χ0v) is 11.7. The molecule has 1 aromatic rings. The first-order valence-electron chi connectivity index (χ1n) is 6.99. The number of rotatable bonds is 3. The maximum Gasteiger partial charge on any atom is 0.255 e. The van der Waals surface area contributed by atoms with E-state index in [1.54, 1.807) is 6.07 Å². The predicted octanol–water partition coefficient (Wildman–Crippen LogP) is 1.65. The minimum Gasteiger partial charge on any atom is -0.505 e. The van der Waals surface area contributed by atoms with Crippen molar-refractivity contribution in [3.8, 4) is 5.75 Å². The molecule has 2 unspecified atom stereocenters. The summed E-state index contributed by atoms with van der Waals surface area (Å²) in [6.45, 7) is 2.31. The molecule has 20 heavy (non-hydrogen) atoms. The van der Waals surface area contributed by atoms with Crippen LogP contribution >= 0.6 is 0 Å². The van der Waals surface area contributed by atoms with Crippen LogP contribution in [0.5, 0.6) is 5.75 Å². The lowest BCUT2D eigenvalue weighted by Gasteiger charge is -2.35. The minimum absolute atomic E-state index is 0.137. The molecule has 0 heterocycles. The third kappa shape index (κ3) is 3.22. The topological polar surface area (TPSA) is 95.6 Å². The molecule has 0 radical (unpaired) electrons. The van der Waals surface area contributed by atoms with Crippen molar-refractivity contribution in [3.63, 3.8) is 0 Å². The maximum atomic E-state index is 12.0. The van der Waals surface area contributed by atoms with Crippen molar-refractivity contribution in [3.05, 3.63) is 23.8 Å². The molecule has 2 rings (SSSR count). The predicted molar refractivity (Wildman–Crippen MR) is 77.4 cm³/mol. The summed E-state index contributed by atoms with van der Waals surface area (Å²) in [7, 11) is 0. The Balaban J connectivity index is 2.00. The molecule has 0 spiro atoms. The first-order chi connectivity index (χ1) is 9.41. The normalized spacial score (nSPS) is 26.2. The molecule has 0 aliphatic heterocycles. The standard InChI is InChI=1S/C15H22N2O3/c1-10-4-3-7-15(20,8-10)9-17-14(19)11-5-2-6-12(16)13(11)18/h2,5-6,10,18,20H,3-4,7-9,16H2,1H3,(H,17,19). The lowest BCUT2D eigenvalue weighted by atomic mass is 9.79. The van der Waals surface area contributed by atoms with Crippen LogP contribution in [-0.2, 0) is 0 Å². The van der Waals surface area contributed by atoms with E-state index >= 15 is 0 Å². The number of benzene rings is 1. The minimum atomic E-state index is -0.844. The van der Waals surface area contributed by atoms with Gasteiger partial charge in [-0.05, 0) is 30.9 Å². The number of hydrogen-bond acceptors (Lipinski definition) is 4. The Morgan fingerprint density at radius 1 is 1.55 bits per heavy atom. The number of phenols is 1. The molecule has 0 bridgehead atoms. The quantitative estimate of drug-likeness (QED) is 0.499. The highest BCUT2D eigenvalue weighted by molar-refractivity contribution is 5.98. The van der Waals surface area contributed by atoms with Crippen LogP contribution in [-0.4, -0.2) is 28.3 Å². The van der Waals surface area contributed by atoms with Crippen LogP contribution < -0.4 is 11.1 Å². The van der Waals surface area contributed by atoms with E-state index in [9.17, 15) is 15.0 Å². The number of nitrogens with two attached hydrogens (primary N) is 1. The molecule has 1 aliphatic carbocycles. The molecule has 1 fully saturated rings. The molecule has 1 amide bonds. The molecule has 5 nitrogen and oxygen atoms in total. The molecule has 110 valence electrons. The van der Waals surface area contributed by atoms with Crippen molar-refractivity contribution in [1.29, 1.82) is 0 Å². The second kappa shape index (κ2) is 5.71. The highest BCUT2D eigenvalue weighted by Crippen LogP contribution is 2.32. The first-order valence-corrected chi connectivity index (χ1v) is 6.99. The number of aliphatic hydroxyl groups is 1. The van der Waals surface area contributed by atoms with Gasteiger partial charge in [-0.25, -0.2) is 0 Å². The van der Waals surface area contributed by atoms with Crippen LogP contribution in [0.3, 0.4) is 0 Å². The Morgan fingerprint density at radius 2 is 2.30 bits per heavy atom. The summed E-state index contributed by atoms with van der Waals surface area (Å²) in [5, 5.41) is 22.9. The van der Waals surface area contributed by atoms with Gasteiger partial charge in [0.15, 0.2) is 5.75 Å². The Morgan fingerprint density at radius 3 is 3.00 bits per heavy atom. The van der Waals surface area contributed by atoms with Crippen LogP contribution in [0.25, 0.3) is 0 Å². The maximum absolute atomic E-state index is 12.0. The van der Waals surface area contributed by atoms with E-state index in [1.165, 1.54) is 12.1 Å². The van der Waals surface area contributed by atoms with Crippen molar-refractivity contribution >= 4 is 11.6 Å². The van der Waals surface area contributed by atoms with E-state index in [4.69, 9.17) is 5.73 Å². The van der Waals surface area contributed by atoms with Gasteiger partial charge < -0.3 is 21.3 Å². The van der Waals surface area contributed by atoms with E-state index < -0.39 is 11.5 Å². The fourth-order valence-electron chi connectivity index (χ4n) is 2.88. The van der Waals surface area contributed by atoms with Crippen LogP contribution in [0, 0.1) is 5.92 Å². The van der Waals surface area contributed by atoms with Gasteiger partial charge in [-0.2, -0.15) is 0 Å². The lowest BCUT2D eigenvalue weighted by molar-refractivity contribution is -0.0109. The smallest absolute Gasteiger partial charge is 0.255 e. The summed E-state index contributed by atoms with van der Waals surface area (Å²) in [6.07, 6.45) is 3.47. The van der Waals surface area contributed by atoms with Crippen LogP contribution in [0.1, 0.15) is 43.0 Å². The summed E-state index contributed by atoms with van der Waals surface area (Å²) in [6, 6.07) is 4.65. The number of amides is 1. The fourth-order valence-corrected chi connectivity index (χ4v) is 2.88. The largest absolute Gasteiger partial charge is 0.505 e. The number of para-hydroxylation sites is 1. The van der Waals surface area contributed by atoms with E-state index in [0.29, 0.717) is 18.8 Å². The van der Waals surface area contributed by atoms with E-state index in [0.717, 1.165) is 12.8 Å². The average Bonchev–Trinajstić information content (AvgIpc) is 2.39.